The standard InChI is InChI=1S/C16H21ClN2S/c1-2-19-9-5-6-12(11-19)18-10-15-16(17)13-7-3-4-8-14(13)20-15/h3-4,7-8,12,18H,2,5-6,9-11H2,1H3. The van der Waals surface area contributed by atoms with Gasteiger partial charge in [0.2, 0.25) is 0 Å². The zero-order valence-electron chi connectivity index (χ0n) is 11.9. The molecule has 2 aromatic rings. The molecule has 3 rings (SSSR count). The van der Waals surface area contributed by atoms with Gasteiger partial charge in [-0.15, -0.1) is 11.3 Å². The van der Waals surface area contributed by atoms with Gasteiger partial charge in [-0.1, -0.05) is 36.7 Å². The molecule has 1 aromatic heterocycles. The smallest absolute Gasteiger partial charge is 0.0636 e. The normalized spacial score (nSPS) is 20.6. The lowest BCUT2D eigenvalue weighted by Gasteiger charge is -2.32. The number of rotatable bonds is 4. The number of hydrogen-bond acceptors (Lipinski definition) is 3. The van der Waals surface area contributed by atoms with Crippen molar-refractivity contribution in [1.29, 1.82) is 0 Å². The Morgan fingerprint density at radius 2 is 2.25 bits per heavy atom. The van der Waals surface area contributed by atoms with Crippen molar-refractivity contribution in [2.45, 2.75) is 32.4 Å². The highest BCUT2D eigenvalue weighted by molar-refractivity contribution is 7.19. The van der Waals surface area contributed by atoms with Crippen LogP contribution in [0.3, 0.4) is 0 Å². The Bertz CT molecular complexity index is 581. The van der Waals surface area contributed by atoms with Crippen LogP contribution in [0.25, 0.3) is 10.1 Å². The molecule has 20 heavy (non-hydrogen) atoms. The van der Waals surface area contributed by atoms with Gasteiger partial charge in [-0.2, -0.15) is 0 Å². The highest BCUT2D eigenvalue weighted by Crippen LogP contribution is 2.35. The molecule has 0 amide bonds. The summed E-state index contributed by atoms with van der Waals surface area (Å²) >= 11 is 8.30. The molecule has 0 bridgehead atoms. The highest BCUT2D eigenvalue weighted by Gasteiger charge is 2.19. The maximum atomic E-state index is 6.49. The van der Waals surface area contributed by atoms with Crippen LogP contribution in [0, 0.1) is 0 Å². The third kappa shape index (κ3) is 3.01. The summed E-state index contributed by atoms with van der Waals surface area (Å²) in [5.41, 5.74) is 0. The minimum absolute atomic E-state index is 0.602. The lowest BCUT2D eigenvalue weighted by atomic mass is 10.1. The highest BCUT2D eigenvalue weighted by atomic mass is 35.5. The van der Waals surface area contributed by atoms with Crippen LogP contribution in [0.15, 0.2) is 24.3 Å². The molecule has 0 aliphatic carbocycles. The summed E-state index contributed by atoms with van der Waals surface area (Å²) in [6.07, 6.45) is 2.57. The largest absolute Gasteiger partial charge is 0.308 e. The van der Waals surface area contributed by atoms with Gasteiger partial charge in [0.1, 0.15) is 0 Å². The molecular formula is C16H21ClN2S. The minimum atomic E-state index is 0.602. The summed E-state index contributed by atoms with van der Waals surface area (Å²) in [6.45, 7) is 6.70. The first-order valence-corrected chi connectivity index (χ1v) is 8.59. The molecule has 108 valence electrons. The van der Waals surface area contributed by atoms with E-state index in [4.69, 9.17) is 11.6 Å². The van der Waals surface area contributed by atoms with Gasteiger partial charge in [0.05, 0.1) is 5.02 Å². The first-order chi connectivity index (χ1) is 9.78. The summed E-state index contributed by atoms with van der Waals surface area (Å²) in [7, 11) is 0. The van der Waals surface area contributed by atoms with Crippen molar-refractivity contribution >= 4 is 33.0 Å². The van der Waals surface area contributed by atoms with Crippen LogP contribution in [0.5, 0.6) is 0 Å². The topological polar surface area (TPSA) is 15.3 Å². The van der Waals surface area contributed by atoms with Crippen molar-refractivity contribution in [3.63, 3.8) is 0 Å². The van der Waals surface area contributed by atoms with Crippen molar-refractivity contribution in [1.82, 2.24) is 10.2 Å². The van der Waals surface area contributed by atoms with E-state index in [-0.39, 0.29) is 0 Å². The lowest BCUT2D eigenvalue weighted by Crippen LogP contribution is -2.45. The molecule has 1 saturated heterocycles. The van der Waals surface area contributed by atoms with Crippen molar-refractivity contribution in [3.8, 4) is 0 Å². The summed E-state index contributed by atoms with van der Waals surface area (Å²) in [6, 6.07) is 8.99. The van der Waals surface area contributed by atoms with E-state index in [1.165, 1.54) is 40.9 Å². The van der Waals surface area contributed by atoms with Gasteiger partial charge in [-0.05, 0) is 32.0 Å². The third-order valence-electron chi connectivity index (χ3n) is 4.11. The van der Waals surface area contributed by atoms with Crippen LogP contribution in [0.1, 0.15) is 24.6 Å². The molecule has 1 atom stereocenters. The van der Waals surface area contributed by atoms with Gasteiger partial charge in [-0.25, -0.2) is 0 Å². The van der Waals surface area contributed by atoms with E-state index in [0.717, 1.165) is 18.1 Å². The molecule has 2 nitrogen and oxygen atoms in total. The van der Waals surface area contributed by atoms with E-state index in [9.17, 15) is 0 Å². The molecule has 0 spiro atoms. The van der Waals surface area contributed by atoms with Crippen LogP contribution in [0.2, 0.25) is 5.02 Å². The fourth-order valence-electron chi connectivity index (χ4n) is 2.92. The maximum absolute atomic E-state index is 6.49. The number of likely N-dealkylation sites (tertiary alicyclic amines) is 1. The Morgan fingerprint density at radius 1 is 1.40 bits per heavy atom. The molecule has 2 heterocycles. The molecule has 1 aliphatic heterocycles. The van der Waals surface area contributed by atoms with Gasteiger partial charge >= 0.3 is 0 Å². The van der Waals surface area contributed by atoms with Crippen LogP contribution in [-0.4, -0.2) is 30.6 Å². The Hall–Kier alpha value is -0.610. The number of halogens is 1. The van der Waals surface area contributed by atoms with Gasteiger partial charge in [-0.3, -0.25) is 0 Å². The number of thiophene rings is 1. The Kier molecular flexibility index (Phi) is 4.61. The third-order valence-corrected chi connectivity index (χ3v) is 5.82. The van der Waals surface area contributed by atoms with Crippen molar-refractivity contribution in [2.75, 3.05) is 19.6 Å². The average molecular weight is 309 g/mol. The molecule has 1 aromatic carbocycles. The van der Waals surface area contributed by atoms with E-state index in [1.54, 1.807) is 0 Å². The van der Waals surface area contributed by atoms with Gasteiger partial charge in [0.15, 0.2) is 0 Å². The van der Waals surface area contributed by atoms with E-state index >= 15 is 0 Å². The second-order valence-electron chi connectivity index (χ2n) is 5.45. The molecule has 1 unspecified atom stereocenters. The summed E-state index contributed by atoms with van der Waals surface area (Å²) in [5, 5.41) is 5.81. The second-order valence-corrected chi connectivity index (χ2v) is 6.96. The van der Waals surface area contributed by atoms with Crippen molar-refractivity contribution in [3.05, 3.63) is 34.2 Å². The number of likely N-dealkylation sites (N-methyl/N-ethyl adjacent to an activating group) is 1. The summed E-state index contributed by atoms with van der Waals surface area (Å²) in [5.74, 6) is 0. The quantitative estimate of drug-likeness (QED) is 0.913. The fraction of sp³-hybridized carbons (Fsp3) is 0.500. The fourth-order valence-corrected chi connectivity index (χ4v) is 4.38. The van der Waals surface area contributed by atoms with Crippen LogP contribution < -0.4 is 5.32 Å². The molecule has 4 heteroatoms. The zero-order valence-corrected chi connectivity index (χ0v) is 13.4. The van der Waals surface area contributed by atoms with Gasteiger partial charge in [0, 0.05) is 34.1 Å². The van der Waals surface area contributed by atoms with Gasteiger partial charge in [0.25, 0.3) is 0 Å². The Balaban J connectivity index is 1.66. The number of fused-ring (bicyclic) bond motifs is 1. The molecule has 0 saturated carbocycles. The number of nitrogens with zero attached hydrogens (tertiary/aromatic N) is 1. The number of benzene rings is 1. The zero-order chi connectivity index (χ0) is 13.9. The van der Waals surface area contributed by atoms with Crippen LogP contribution >= 0.6 is 22.9 Å². The number of nitrogens with one attached hydrogen (secondary N) is 1. The monoisotopic (exact) mass is 308 g/mol. The number of hydrogen-bond donors (Lipinski definition) is 1. The average Bonchev–Trinajstić information content (AvgIpc) is 2.82. The first-order valence-electron chi connectivity index (χ1n) is 7.39. The molecular weight excluding hydrogens is 288 g/mol. The summed E-state index contributed by atoms with van der Waals surface area (Å²) in [4.78, 5) is 3.79. The van der Waals surface area contributed by atoms with E-state index < -0.39 is 0 Å². The lowest BCUT2D eigenvalue weighted by molar-refractivity contribution is 0.198. The molecule has 1 aliphatic rings. The van der Waals surface area contributed by atoms with E-state index in [1.807, 2.05) is 11.3 Å². The Morgan fingerprint density at radius 3 is 3.05 bits per heavy atom. The van der Waals surface area contributed by atoms with E-state index in [0.29, 0.717) is 6.04 Å². The van der Waals surface area contributed by atoms with E-state index in [2.05, 4.69) is 41.4 Å². The second kappa shape index (κ2) is 6.44. The van der Waals surface area contributed by atoms with Crippen molar-refractivity contribution in [2.24, 2.45) is 0 Å². The predicted octanol–water partition coefficient (Wildman–Crippen LogP) is 4.13. The van der Waals surface area contributed by atoms with Gasteiger partial charge < -0.3 is 10.2 Å². The Labute approximate surface area is 129 Å². The van der Waals surface area contributed by atoms with Crippen LogP contribution in [-0.2, 0) is 6.54 Å². The maximum Gasteiger partial charge on any atom is 0.0636 e. The number of piperidine rings is 1. The SMILES string of the molecule is CCN1CCCC(NCc2sc3ccccc3c2Cl)C1. The first kappa shape index (κ1) is 14.3. The molecule has 1 fully saturated rings. The summed E-state index contributed by atoms with van der Waals surface area (Å²) < 4.78 is 1.29. The van der Waals surface area contributed by atoms with Crippen molar-refractivity contribution < 1.29 is 0 Å². The minimum Gasteiger partial charge on any atom is -0.308 e. The predicted molar refractivity (Wildman–Crippen MR) is 88.8 cm³/mol. The molecule has 0 radical (unpaired) electrons. The van der Waals surface area contributed by atoms with Crippen LogP contribution in [0.4, 0.5) is 0 Å². The molecule has 1 N–H and O–H groups in total.